The van der Waals surface area contributed by atoms with Gasteiger partial charge in [0.2, 0.25) is 0 Å². The van der Waals surface area contributed by atoms with Crippen LogP contribution in [0.4, 0.5) is 16.3 Å². The Morgan fingerprint density at radius 3 is 2.59 bits per heavy atom. The fourth-order valence-electron chi connectivity index (χ4n) is 4.15. The Balaban J connectivity index is 1.29. The summed E-state index contributed by atoms with van der Waals surface area (Å²) in [7, 11) is 0. The topological polar surface area (TPSA) is 70.2 Å². The van der Waals surface area contributed by atoms with Crippen molar-refractivity contribution >= 4 is 17.6 Å². The lowest BCUT2D eigenvalue weighted by Crippen LogP contribution is -2.50. The standard InChI is InChI=1S/C19H29N5O3/c25-19(27-24-11-13-26-14-12-24)21-16-5-6-20-18(15-16)23-9-7-22(8-10-23)17-3-1-2-4-17/h5-6,15,17H,1-4,7-14H2,(H,20,21,25). The van der Waals surface area contributed by atoms with Crippen LogP contribution in [-0.2, 0) is 9.57 Å². The molecule has 8 nitrogen and oxygen atoms in total. The Morgan fingerprint density at radius 1 is 1.11 bits per heavy atom. The quantitative estimate of drug-likeness (QED) is 0.862. The number of pyridine rings is 1. The molecule has 1 N–H and O–H groups in total. The number of rotatable bonds is 4. The van der Waals surface area contributed by atoms with Crippen LogP contribution in [0.15, 0.2) is 18.3 Å². The maximum absolute atomic E-state index is 12.1. The minimum absolute atomic E-state index is 0.472. The van der Waals surface area contributed by atoms with Gasteiger partial charge in [-0.2, -0.15) is 0 Å². The molecule has 148 valence electrons. The lowest BCUT2D eigenvalue weighted by molar-refractivity contribution is -0.142. The first-order chi connectivity index (χ1) is 13.3. The largest absolute Gasteiger partial charge is 0.430 e. The minimum atomic E-state index is -0.472. The van der Waals surface area contributed by atoms with Crippen molar-refractivity contribution in [1.82, 2.24) is 14.9 Å². The number of aromatic nitrogens is 1. The fourth-order valence-corrected chi connectivity index (χ4v) is 4.15. The van der Waals surface area contributed by atoms with Gasteiger partial charge in [-0.15, -0.1) is 5.06 Å². The maximum Gasteiger partial charge on any atom is 0.430 e. The summed E-state index contributed by atoms with van der Waals surface area (Å²) in [6.45, 7) is 6.49. The molecule has 8 heteroatoms. The van der Waals surface area contributed by atoms with Crippen LogP contribution >= 0.6 is 0 Å². The maximum atomic E-state index is 12.1. The molecular formula is C19H29N5O3. The summed E-state index contributed by atoms with van der Waals surface area (Å²) in [6, 6.07) is 4.49. The Morgan fingerprint density at radius 2 is 1.85 bits per heavy atom. The monoisotopic (exact) mass is 375 g/mol. The smallest absolute Gasteiger partial charge is 0.379 e. The highest BCUT2D eigenvalue weighted by Crippen LogP contribution is 2.25. The van der Waals surface area contributed by atoms with Crippen LogP contribution in [0.1, 0.15) is 25.7 Å². The zero-order chi connectivity index (χ0) is 18.5. The summed E-state index contributed by atoms with van der Waals surface area (Å²) < 4.78 is 5.25. The van der Waals surface area contributed by atoms with Crippen LogP contribution in [-0.4, -0.2) is 79.6 Å². The van der Waals surface area contributed by atoms with Crippen molar-refractivity contribution in [3.63, 3.8) is 0 Å². The highest BCUT2D eigenvalue weighted by atomic mass is 16.7. The van der Waals surface area contributed by atoms with Gasteiger partial charge in [0.05, 0.1) is 26.3 Å². The summed E-state index contributed by atoms with van der Waals surface area (Å²) in [5.41, 5.74) is 0.705. The second kappa shape index (κ2) is 8.86. The highest BCUT2D eigenvalue weighted by molar-refractivity contribution is 5.84. The number of hydrogen-bond acceptors (Lipinski definition) is 7. The summed E-state index contributed by atoms with van der Waals surface area (Å²) in [6.07, 6.45) is 6.72. The van der Waals surface area contributed by atoms with Crippen LogP contribution in [0.2, 0.25) is 0 Å². The van der Waals surface area contributed by atoms with Gasteiger partial charge in [-0.3, -0.25) is 10.2 Å². The third-order valence-corrected chi connectivity index (χ3v) is 5.65. The average molecular weight is 375 g/mol. The van der Waals surface area contributed by atoms with Gasteiger partial charge in [-0.05, 0) is 18.9 Å². The highest BCUT2D eigenvalue weighted by Gasteiger charge is 2.26. The molecule has 0 atom stereocenters. The van der Waals surface area contributed by atoms with Gasteiger partial charge in [0.25, 0.3) is 0 Å². The SMILES string of the molecule is O=C(Nc1ccnc(N2CCN(C3CCCC3)CC2)c1)ON1CCOCC1. The number of nitrogens with one attached hydrogen (secondary N) is 1. The molecule has 2 saturated heterocycles. The molecule has 1 aromatic rings. The van der Waals surface area contributed by atoms with E-state index in [-0.39, 0.29) is 0 Å². The van der Waals surface area contributed by atoms with E-state index in [9.17, 15) is 4.79 Å². The normalized spacial score (nSPS) is 22.7. The molecule has 3 aliphatic rings. The van der Waals surface area contributed by atoms with E-state index in [0.29, 0.717) is 32.0 Å². The second-order valence-corrected chi connectivity index (χ2v) is 7.41. The van der Waals surface area contributed by atoms with E-state index in [4.69, 9.17) is 9.57 Å². The van der Waals surface area contributed by atoms with Crippen LogP contribution < -0.4 is 10.2 Å². The molecule has 0 radical (unpaired) electrons. The van der Waals surface area contributed by atoms with Gasteiger partial charge in [-0.25, -0.2) is 9.78 Å². The van der Waals surface area contributed by atoms with Crippen molar-refractivity contribution in [3.05, 3.63) is 18.3 Å². The van der Waals surface area contributed by atoms with Crippen molar-refractivity contribution in [1.29, 1.82) is 0 Å². The van der Waals surface area contributed by atoms with E-state index in [0.717, 1.165) is 38.0 Å². The predicted octanol–water partition coefficient (Wildman–Crippen LogP) is 1.94. The van der Waals surface area contributed by atoms with Crippen molar-refractivity contribution in [2.45, 2.75) is 31.7 Å². The zero-order valence-corrected chi connectivity index (χ0v) is 15.8. The van der Waals surface area contributed by atoms with Crippen LogP contribution in [0, 0.1) is 0 Å². The molecule has 1 amide bonds. The van der Waals surface area contributed by atoms with E-state index in [2.05, 4.69) is 20.1 Å². The fraction of sp³-hybridized carbons (Fsp3) is 0.684. The van der Waals surface area contributed by atoms with Crippen LogP contribution in [0.5, 0.6) is 0 Å². The third kappa shape index (κ3) is 4.88. The predicted molar refractivity (Wildman–Crippen MR) is 103 cm³/mol. The van der Waals surface area contributed by atoms with Gasteiger partial charge < -0.3 is 14.5 Å². The number of carbonyl (C=O) groups excluding carboxylic acids is 1. The summed E-state index contributed by atoms with van der Waals surface area (Å²) >= 11 is 0. The molecule has 1 saturated carbocycles. The molecule has 3 fully saturated rings. The van der Waals surface area contributed by atoms with E-state index in [1.54, 1.807) is 17.3 Å². The molecule has 2 aliphatic heterocycles. The van der Waals surface area contributed by atoms with Crippen LogP contribution in [0.3, 0.4) is 0 Å². The number of carbonyl (C=O) groups is 1. The first-order valence-corrected chi connectivity index (χ1v) is 10.0. The number of ether oxygens (including phenoxy) is 1. The van der Waals surface area contributed by atoms with Gasteiger partial charge in [0.1, 0.15) is 5.82 Å². The molecule has 4 rings (SSSR count). The number of anilines is 2. The first kappa shape index (κ1) is 18.5. The van der Waals surface area contributed by atoms with Gasteiger partial charge in [0.15, 0.2) is 0 Å². The van der Waals surface area contributed by atoms with Crippen molar-refractivity contribution in [2.75, 3.05) is 62.7 Å². The molecule has 1 aromatic heterocycles. The Hall–Kier alpha value is -1.90. The van der Waals surface area contributed by atoms with E-state index in [1.165, 1.54) is 25.7 Å². The number of piperazine rings is 1. The van der Waals surface area contributed by atoms with E-state index < -0.39 is 6.09 Å². The number of hydroxylamine groups is 2. The Bertz CT molecular complexity index is 624. The van der Waals surface area contributed by atoms with Gasteiger partial charge >= 0.3 is 6.09 Å². The molecule has 27 heavy (non-hydrogen) atoms. The summed E-state index contributed by atoms with van der Waals surface area (Å²) in [4.78, 5) is 26.8. The molecule has 0 spiro atoms. The Kier molecular flexibility index (Phi) is 6.06. The molecule has 1 aliphatic carbocycles. The van der Waals surface area contributed by atoms with Crippen LogP contribution in [0.25, 0.3) is 0 Å². The van der Waals surface area contributed by atoms with Crippen molar-refractivity contribution in [3.8, 4) is 0 Å². The molecule has 0 unspecified atom stereocenters. The lowest BCUT2D eigenvalue weighted by Gasteiger charge is -2.38. The summed E-state index contributed by atoms with van der Waals surface area (Å²) in [5.74, 6) is 0.908. The number of morpholine rings is 1. The number of hydrogen-bond donors (Lipinski definition) is 1. The molecule has 0 bridgehead atoms. The van der Waals surface area contributed by atoms with Crippen molar-refractivity contribution < 1.29 is 14.4 Å². The van der Waals surface area contributed by atoms with Gasteiger partial charge in [0, 0.05) is 50.2 Å². The Labute approximate surface area is 160 Å². The zero-order valence-electron chi connectivity index (χ0n) is 15.8. The number of nitrogens with zero attached hydrogens (tertiary/aromatic N) is 4. The third-order valence-electron chi connectivity index (χ3n) is 5.65. The minimum Gasteiger partial charge on any atom is -0.379 e. The molecule has 0 aromatic carbocycles. The molecular weight excluding hydrogens is 346 g/mol. The van der Waals surface area contributed by atoms with Gasteiger partial charge in [-0.1, -0.05) is 12.8 Å². The lowest BCUT2D eigenvalue weighted by atomic mass is 10.2. The van der Waals surface area contributed by atoms with E-state index >= 15 is 0 Å². The summed E-state index contributed by atoms with van der Waals surface area (Å²) in [5, 5.41) is 4.43. The first-order valence-electron chi connectivity index (χ1n) is 10.0. The number of amides is 1. The van der Waals surface area contributed by atoms with E-state index in [1.807, 2.05) is 6.07 Å². The average Bonchev–Trinajstić information content (AvgIpc) is 3.24. The van der Waals surface area contributed by atoms with Crippen molar-refractivity contribution in [2.24, 2.45) is 0 Å². The second-order valence-electron chi connectivity index (χ2n) is 7.41. The molecule has 3 heterocycles.